The van der Waals surface area contributed by atoms with Gasteiger partial charge in [0.05, 0.1) is 18.7 Å². The van der Waals surface area contributed by atoms with Gasteiger partial charge in [0.1, 0.15) is 63.1 Å². The number of carbonyl (C=O) groups is 15. The summed E-state index contributed by atoms with van der Waals surface area (Å²) in [4.78, 5) is 200. The number of rotatable bonds is 27. The molecule has 4 fully saturated rings. The predicted molar refractivity (Wildman–Crippen MR) is 362 cm³/mol. The van der Waals surface area contributed by atoms with Crippen molar-refractivity contribution < 1.29 is 172 Å². The lowest BCUT2D eigenvalue weighted by molar-refractivity contribution is -0.345. The molecule has 40 nitrogen and oxygen atoms in total. The SMILES string of the molecule is CC(=O)OC[C@H]1O[C@@H](O[C@H]2[C@H](OC(C)=O)[C@@H](OC(C)=O)[C@H](NC3=NC/C(=C/c4cc(/C=C5/CN=C(N[C@@H]6O[C@H](COC(C)=O)[C@@H](O[C@@H]7O[C@H](COC(C)=O)[C@H](OC(C)=O)[C@H](OC(C)=O)[C@H]7OC(C)=O)[C@H](OC(C)=O)[C@H]6OC(C)=O)S5)cc(C(=O)O)c4)S3)O[C@@H]2COC(C)=O)[C@H](OC(C)=O)[C@@H](OC(C)=O)[C@H]1OC(C)=O. The maximum atomic E-state index is 13.1. The minimum atomic E-state index is -1.94. The smallest absolute Gasteiger partial charge is 0.335 e. The first-order valence-corrected chi connectivity index (χ1v) is 34.9. The molecular weight excluding hydrogens is 1500 g/mol. The Labute approximate surface area is 629 Å². The Morgan fingerprint density at radius 1 is 0.358 bits per heavy atom. The average molecular weight is 1580 g/mol. The van der Waals surface area contributed by atoms with Gasteiger partial charge in [0.25, 0.3) is 0 Å². The highest BCUT2D eigenvalue weighted by atomic mass is 32.2. The van der Waals surface area contributed by atoms with E-state index >= 15 is 0 Å². The van der Waals surface area contributed by atoms with Crippen LogP contribution in [0.2, 0.25) is 0 Å². The molecule has 42 heteroatoms. The molecule has 6 aliphatic rings. The van der Waals surface area contributed by atoms with Crippen molar-refractivity contribution in [3.05, 3.63) is 44.7 Å². The molecule has 0 bridgehead atoms. The molecule has 6 aliphatic heterocycles. The zero-order valence-corrected chi connectivity index (χ0v) is 62.8. The van der Waals surface area contributed by atoms with Crippen molar-refractivity contribution in [3.63, 3.8) is 0 Å². The van der Waals surface area contributed by atoms with Gasteiger partial charge in [0.2, 0.25) is 0 Å². The van der Waals surface area contributed by atoms with Gasteiger partial charge in [-0.05, 0) is 41.5 Å². The van der Waals surface area contributed by atoms with E-state index in [2.05, 4.69) is 20.6 Å². The zero-order chi connectivity index (χ0) is 80.4. The number of benzene rings is 1. The van der Waals surface area contributed by atoms with Crippen LogP contribution in [-0.2, 0) is 162 Å². The van der Waals surface area contributed by atoms with Crippen molar-refractivity contribution in [2.75, 3.05) is 39.5 Å². The lowest BCUT2D eigenvalue weighted by Crippen LogP contribution is -2.68. The van der Waals surface area contributed by atoms with Gasteiger partial charge in [0.15, 0.2) is 96.4 Å². The van der Waals surface area contributed by atoms with E-state index in [1.54, 1.807) is 18.2 Å². The topological polar surface area (TPSA) is 510 Å². The molecule has 0 aromatic heterocycles. The number of thioether (sulfide) groups is 2. The van der Waals surface area contributed by atoms with Gasteiger partial charge in [0, 0.05) is 107 Å². The van der Waals surface area contributed by atoms with Crippen LogP contribution in [0.1, 0.15) is 118 Å². The molecule has 4 saturated heterocycles. The molecule has 1 aromatic carbocycles. The number of carboxylic acids is 1. The lowest BCUT2D eigenvalue weighted by atomic mass is 9.95. The first-order chi connectivity index (χ1) is 51.3. The molecule has 0 unspecified atom stereocenters. The summed E-state index contributed by atoms with van der Waals surface area (Å²) < 4.78 is 116. The second-order valence-corrected chi connectivity index (χ2v) is 26.8. The minimum Gasteiger partial charge on any atom is -0.478 e. The Kier molecular flexibility index (Phi) is 31.3. The minimum absolute atomic E-state index is 0.0519. The molecule has 3 N–H and O–H groups in total. The fourth-order valence-electron chi connectivity index (χ4n) is 11.8. The fraction of sp³-hybridized carbons (Fsp3) is 0.597. The summed E-state index contributed by atoms with van der Waals surface area (Å²) in [5.74, 6) is -14.3. The Morgan fingerprint density at radius 2 is 0.615 bits per heavy atom. The highest BCUT2D eigenvalue weighted by Crippen LogP contribution is 2.40. The highest BCUT2D eigenvalue weighted by molar-refractivity contribution is 8.17. The van der Waals surface area contributed by atoms with E-state index < -0.39 is 239 Å². The molecule has 0 saturated carbocycles. The summed E-state index contributed by atoms with van der Waals surface area (Å²) in [5.41, 5.74) is 0.514. The molecular formula is C67H82N4O36S2. The quantitative estimate of drug-likeness (QED) is 0.0805. The third-order valence-electron chi connectivity index (χ3n) is 15.5. The van der Waals surface area contributed by atoms with Crippen LogP contribution in [0.3, 0.4) is 0 Å². The predicted octanol–water partition coefficient (Wildman–Crippen LogP) is 0.691. The number of nitrogens with one attached hydrogen (secondary N) is 2. The van der Waals surface area contributed by atoms with E-state index in [1.165, 1.54) is 12.1 Å². The van der Waals surface area contributed by atoms with E-state index in [9.17, 15) is 77.0 Å². The van der Waals surface area contributed by atoms with Crippen molar-refractivity contribution in [1.82, 2.24) is 10.6 Å². The number of nitrogens with zero attached hydrogens (tertiary/aromatic N) is 2. The summed E-state index contributed by atoms with van der Waals surface area (Å²) in [7, 11) is 0. The van der Waals surface area contributed by atoms with Crippen LogP contribution in [0.5, 0.6) is 0 Å². The maximum Gasteiger partial charge on any atom is 0.335 e. The normalized spacial score (nSPS) is 29.9. The van der Waals surface area contributed by atoms with Crippen LogP contribution >= 0.6 is 23.5 Å². The van der Waals surface area contributed by atoms with E-state index in [-0.39, 0.29) is 29.0 Å². The largest absolute Gasteiger partial charge is 0.478 e. The van der Waals surface area contributed by atoms with Crippen LogP contribution in [0.25, 0.3) is 12.2 Å². The first kappa shape index (κ1) is 86.4. The van der Waals surface area contributed by atoms with Crippen molar-refractivity contribution in [3.8, 4) is 0 Å². The zero-order valence-electron chi connectivity index (χ0n) is 61.1. The Balaban J connectivity index is 1.15. The number of aromatic carboxylic acids is 1. The third-order valence-corrected chi connectivity index (χ3v) is 17.4. The summed E-state index contributed by atoms with van der Waals surface area (Å²) in [5, 5.41) is 16.6. The maximum absolute atomic E-state index is 13.1. The number of esters is 14. The van der Waals surface area contributed by atoms with Gasteiger partial charge in [-0.3, -0.25) is 77.1 Å². The molecule has 0 aliphatic carbocycles. The van der Waals surface area contributed by atoms with Crippen LogP contribution < -0.4 is 10.6 Å². The summed E-state index contributed by atoms with van der Waals surface area (Å²) >= 11 is 2.02. The van der Waals surface area contributed by atoms with Gasteiger partial charge in [-0.1, -0.05) is 23.5 Å². The van der Waals surface area contributed by atoms with Crippen molar-refractivity contribution >= 4 is 136 Å². The summed E-state index contributed by atoms with van der Waals surface area (Å²) in [6, 6.07) is 4.38. The fourth-order valence-corrected chi connectivity index (χ4v) is 13.6. The van der Waals surface area contributed by atoms with Crippen LogP contribution in [0.4, 0.5) is 0 Å². The van der Waals surface area contributed by atoms with Crippen molar-refractivity contribution in [2.45, 2.75) is 220 Å². The van der Waals surface area contributed by atoms with E-state index in [0.717, 1.165) is 120 Å². The van der Waals surface area contributed by atoms with Gasteiger partial charge in [-0.2, -0.15) is 0 Å². The second-order valence-electron chi connectivity index (χ2n) is 24.6. The number of carbonyl (C=O) groups excluding carboxylic acids is 14. The molecule has 0 radical (unpaired) electrons. The molecule has 20 atom stereocenters. The summed E-state index contributed by atoms with van der Waals surface area (Å²) in [6.45, 7) is 11.5. The number of carboxylic acid groups (broad SMARTS) is 1. The monoisotopic (exact) mass is 1580 g/mol. The number of ether oxygens (including phenoxy) is 20. The van der Waals surface area contributed by atoms with Crippen molar-refractivity contribution in [2.24, 2.45) is 9.98 Å². The molecule has 1 aromatic rings. The van der Waals surface area contributed by atoms with E-state index in [0.29, 0.717) is 20.9 Å². The standard InChI is InChI=1S/C67H82N4O36S2/c1-26(72)88-22-45-51(106-64-59(100-38(13)84)55(96-34(9)80)49(92-30(5)76)47(104-64)24-90-28(3)74)53(94-32(7)78)57(98-36(11)82)61(102-45)70-66-68-20-43(108-66)18-40-15-41(17-42(16-40)63(86)87)19-44-21-69-67(109-44)71-62-58(99-37(12)83)54(95-33(8)79)52(46(103-62)23-89-27(2)73)107-65-60(101-39(14)85)56(97-35(10)81)50(93-31(6)77)48(105-65)25-91-29(4)75/h15-19,45-62,64-65H,20-25H2,1-14H3,(H,68,70)(H,69,71)(H,86,87)/b43-18-,44-19-/t45-,46-,47-,48-,49+,50+,51-,52-,53+,54+,55+,56+,57-,58-,59-,60-,61-,62-,64+,65+/m1/s1. The Morgan fingerprint density at radius 3 is 0.890 bits per heavy atom. The molecule has 598 valence electrons. The number of hydrogen-bond acceptors (Lipinski definition) is 41. The van der Waals surface area contributed by atoms with Crippen LogP contribution in [0, 0.1) is 0 Å². The molecule has 0 spiro atoms. The van der Waals surface area contributed by atoms with E-state index in [1.807, 2.05) is 0 Å². The Bertz CT molecular complexity index is 3540. The lowest BCUT2D eigenvalue weighted by Gasteiger charge is -2.49. The highest BCUT2D eigenvalue weighted by Gasteiger charge is 2.60. The number of hydrogen-bond donors (Lipinski definition) is 3. The van der Waals surface area contributed by atoms with Gasteiger partial charge in [-0.25, -0.2) is 4.79 Å². The third kappa shape index (κ3) is 25.6. The van der Waals surface area contributed by atoms with Gasteiger partial charge < -0.3 is 110 Å². The second kappa shape index (κ2) is 39.5. The number of aliphatic imine (C=N–C) groups is 2. The molecule has 6 heterocycles. The number of amidine groups is 2. The van der Waals surface area contributed by atoms with E-state index in [4.69, 9.17) is 94.7 Å². The molecule has 109 heavy (non-hydrogen) atoms. The summed E-state index contributed by atoms with van der Waals surface area (Å²) in [6.07, 6.45) is -30.7. The van der Waals surface area contributed by atoms with Gasteiger partial charge in [-0.15, -0.1) is 0 Å². The van der Waals surface area contributed by atoms with Crippen molar-refractivity contribution in [1.29, 1.82) is 0 Å². The van der Waals surface area contributed by atoms with Crippen LogP contribution in [-0.4, -0.2) is 267 Å². The van der Waals surface area contributed by atoms with Crippen LogP contribution in [0.15, 0.2) is 38.0 Å². The molecule has 7 rings (SSSR count). The molecule has 0 amide bonds. The first-order valence-electron chi connectivity index (χ1n) is 33.3. The Hall–Kier alpha value is -9.85. The average Bonchev–Trinajstić information content (AvgIpc) is 0.950. The van der Waals surface area contributed by atoms with Gasteiger partial charge >= 0.3 is 89.5 Å².